The molecule has 0 aromatic heterocycles. The molecule has 3 aliphatic rings. The number of Topliss-reactive ketones (excluding diaryl/α,β-unsaturated/α-hetero) is 1. The Hall–Kier alpha value is -0.450. The van der Waals surface area contributed by atoms with Crippen LogP contribution in [0, 0.1) is 5.41 Å². The van der Waals surface area contributed by atoms with Gasteiger partial charge in [0.2, 0.25) is 0 Å². The number of fused-ring (bicyclic) bond motifs is 1. The molecular formula is C10H14O4. The summed E-state index contributed by atoms with van der Waals surface area (Å²) in [6, 6.07) is 0. The SMILES string of the molecule is O=C1CCC2(CCOC23OCCO3)C1. The highest BCUT2D eigenvalue weighted by atomic mass is 16.9. The van der Waals surface area contributed by atoms with Gasteiger partial charge in [-0.05, 0) is 12.8 Å². The Labute approximate surface area is 82.5 Å². The third-order valence-corrected chi connectivity index (χ3v) is 3.61. The molecule has 0 N–H and O–H groups in total. The standard InChI is InChI=1S/C10H14O4/c11-8-1-2-9(7-8)3-4-12-10(9)13-5-6-14-10/h1-7H2. The Balaban J connectivity index is 1.94. The summed E-state index contributed by atoms with van der Waals surface area (Å²) in [4.78, 5) is 11.4. The molecule has 14 heavy (non-hydrogen) atoms. The van der Waals surface area contributed by atoms with Gasteiger partial charge in [0.1, 0.15) is 5.78 Å². The van der Waals surface area contributed by atoms with Gasteiger partial charge in [-0.3, -0.25) is 4.79 Å². The molecule has 0 amide bonds. The van der Waals surface area contributed by atoms with E-state index in [1.165, 1.54) is 0 Å². The smallest absolute Gasteiger partial charge is 0.289 e. The van der Waals surface area contributed by atoms with Crippen LogP contribution in [0.15, 0.2) is 0 Å². The molecule has 0 aromatic carbocycles. The van der Waals surface area contributed by atoms with Gasteiger partial charge in [0.25, 0.3) is 5.97 Å². The van der Waals surface area contributed by atoms with Crippen molar-refractivity contribution >= 4 is 5.78 Å². The lowest BCUT2D eigenvalue weighted by Crippen LogP contribution is -2.44. The number of ether oxygens (including phenoxy) is 3. The second-order valence-corrected chi connectivity index (χ2v) is 4.35. The van der Waals surface area contributed by atoms with Gasteiger partial charge in [0, 0.05) is 12.8 Å². The number of ketones is 1. The van der Waals surface area contributed by atoms with Crippen LogP contribution in [0.3, 0.4) is 0 Å². The molecule has 3 fully saturated rings. The Kier molecular flexibility index (Phi) is 1.75. The average Bonchev–Trinajstić information content (AvgIpc) is 2.82. The van der Waals surface area contributed by atoms with E-state index in [2.05, 4.69) is 0 Å². The Morgan fingerprint density at radius 3 is 2.36 bits per heavy atom. The van der Waals surface area contributed by atoms with Gasteiger partial charge in [-0.1, -0.05) is 0 Å². The molecule has 0 bridgehead atoms. The molecule has 78 valence electrons. The van der Waals surface area contributed by atoms with Gasteiger partial charge < -0.3 is 14.2 Å². The Morgan fingerprint density at radius 1 is 1.00 bits per heavy atom. The number of carbonyl (C=O) groups is 1. The largest absolute Gasteiger partial charge is 0.327 e. The predicted octanol–water partition coefficient (Wildman–Crippen LogP) is 0.847. The lowest BCUT2D eigenvalue weighted by Gasteiger charge is -2.35. The van der Waals surface area contributed by atoms with E-state index >= 15 is 0 Å². The van der Waals surface area contributed by atoms with E-state index in [1.54, 1.807) is 0 Å². The lowest BCUT2D eigenvalue weighted by atomic mass is 9.82. The molecule has 1 aliphatic carbocycles. The maximum Gasteiger partial charge on any atom is 0.289 e. The highest BCUT2D eigenvalue weighted by Gasteiger charge is 2.63. The third kappa shape index (κ3) is 0.962. The summed E-state index contributed by atoms with van der Waals surface area (Å²) >= 11 is 0. The lowest BCUT2D eigenvalue weighted by molar-refractivity contribution is -0.352. The third-order valence-electron chi connectivity index (χ3n) is 3.61. The van der Waals surface area contributed by atoms with E-state index in [0.717, 1.165) is 12.8 Å². The molecular weight excluding hydrogens is 184 g/mol. The number of hydrogen-bond acceptors (Lipinski definition) is 4. The minimum atomic E-state index is -0.876. The van der Waals surface area contributed by atoms with Crippen LogP contribution in [0.25, 0.3) is 0 Å². The first kappa shape index (κ1) is 8.83. The molecule has 4 nitrogen and oxygen atoms in total. The van der Waals surface area contributed by atoms with E-state index < -0.39 is 5.97 Å². The first-order valence-corrected chi connectivity index (χ1v) is 5.20. The molecule has 1 atom stereocenters. The fourth-order valence-corrected chi connectivity index (χ4v) is 2.88. The average molecular weight is 198 g/mol. The summed E-state index contributed by atoms with van der Waals surface area (Å²) in [5.41, 5.74) is -0.180. The van der Waals surface area contributed by atoms with Crippen LogP contribution in [0.2, 0.25) is 0 Å². The number of rotatable bonds is 0. The Bertz CT molecular complexity index is 264. The highest BCUT2D eigenvalue weighted by Crippen LogP contribution is 2.55. The predicted molar refractivity (Wildman–Crippen MR) is 46.5 cm³/mol. The van der Waals surface area contributed by atoms with E-state index in [1.807, 2.05) is 0 Å². The minimum absolute atomic E-state index is 0.180. The van der Waals surface area contributed by atoms with Gasteiger partial charge in [0.05, 0.1) is 25.2 Å². The van der Waals surface area contributed by atoms with Crippen LogP contribution in [0.5, 0.6) is 0 Å². The zero-order chi connectivity index (χ0) is 9.65. The molecule has 1 saturated carbocycles. The highest BCUT2D eigenvalue weighted by molar-refractivity contribution is 5.81. The van der Waals surface area contributed by atoms with Crippen LogP contribution in [0.4, 0.5) is 0 Å². The first-order valence-electron chi connectivity index (χ1n) is 5.20. The summed E-state index contributed by atoms with van der Waals surface area (Å²) < 4.78 is 16.8. The molecule has 0 radical (unpaired) electrons. The van der Waals surface area contributed by atoms with Crippen molar-refractivity contribution in [2.45, 2.75) is 31.7 Å². The van der Waals surface area contributed by atoms with Gasteiger partial charge in [-0.15, -0.1) is 0 Å². The molecule has 2 saturated heterocycles. The van der Waals surface area contributed by atoms with Crippen LogP contribution in [0.1, 0.15) is 25.7 Å². The number of carbonyl (C=O) groups excluding carboxylic acids is 1. The maximum atomic E-state index is 11.4. The van der Waals surface area contributed by atoms with Gasteiger partial charge in [0.15, 0.2) is 0 Å². The van der Waals surface area contributed by atoms with Crippen molar-refractivity contribution in [3.63, 3.8) is 0 Å². The minimum Gasteiger partial charge on any atom is -0.327 e. The van der Waals surface area contributed by atoms with Gasteiger partial charge in [-0.2, -0.15) is 0 Å². The van der Waals surface area contributed by atoms with E-state index in [4.69, 9.17) is 14.2 Å². The molecule has 3 rings (SSSR count). The first-order chi connectivity index (χ1) is 6.77. The van der Waals surface area contributed by atoms with Crippen molar-refractivity contribution in [2.75, 3.05) is 19.8 Å². The van der Waals surface area contributed by atoms with Crippen molar-refractivity contribution < 1.29 is 19.0 Å². The maximum absolute atomic E-state index is 11.4. The van der Waals surface area contributed by atoms with Crippen LogP contribution < -0.4 is 0 Å². The summed E-state index contributed by atoms with van der Waals surface area (Å²) in [5.74, 6) is -0.562. The summed E-state index contributed by atoms with van der Waals surface area (Å²) in [6.07, 6.45) is 2.95. The topological polar surface area (TPSA) is 44.8 Å². The quantitative estimate of drug-likeness (QED) is 0.578. The summed E-state index contributed by atoms with van der Waals surface area (Å²) in [5, 5.41) is 0. The van der Waals surface area contributed by atoms with E-state index in [-0.39, 0.29) is 5.41 Å². The van der Waals surface area contributed by atoms with Crippen molar-refractivity contribution in [2.24, 2.45) is 5.41 Å². The molecule has 0 aromatic rings. The second kappa shape index (κ2) is 2.78. The van der Waals surface area contributed by atoms with E-state index in [0.29, 0.717) is 38.4 Å². The van der Waals surface area contributed by atoms with Crippen LogP contribution in [-0.2, 0) is 19.0 Å². The van der Waals surface area contributed by atoms with Crippen molar-refractivity contribution in [3.05, 3.63) is 0 Å². The zero-order valence-corrected chi connectivity index (χ0v) is 8.08. The normalized spacial score (nSPS) is 40.4. The fourth-order valence-electron chi connectivity index (χ4n) is 2.88. The molecule has 2 aliphatic heterocycles. The molecule has 1 unspecified atom stereocenters. The molecule has 4 heteroatoms. The zero-order valence-electron chi connectivity index (χ0n) is 8.08. The van der Waals surface area contributed by atoms with E-state index in [9.17, 15) is 4.79 Å². The Morgan fingerprint density at radius 2 is 1.71 bits per heavy atom. The number of hydrogen-bond donors (Lipinski definition) is 0. The second-order valence-electron chi connectivity index (χ2n) is 4.35. The summed E-state index contributed by atoms with van der Waals surface area (Å²) in [6.45, 7) is 1.80. The van der Waals surface area contributed by atoms with Crippen molar-refractivity contribution in [1.82, 2.24) is 0 Å². The monoisotopic (exact) mass is 198 g/mol. The molecule has 2 heterocycles. The summed E-state index contributed by atoms with van der Waals surface area (Å²) in [7, 11) is 0. The molecule has 2 spiro atoms. The van der Waals surface area contributed by atoms with Crippen LogP contribution in [-0.4, -0.2) is 31.6 Å². The van der Waals surface area contributed by atoms with Crippen molar-refractivity contribution in [1.29, 1.82) is 0 Å². The van der Waals surface area contributed by atoms with Gasteiger partial charge in [-0.25, -0.2) is 0 Å². The van der Waals surface area contributed by atoms with Gasteiger partial charge >= 0.3 is 0 Å². The van der Waals surface area contributed by atoms with Crippen molar-refractivity contribution in [3.8, 4) is 0 Å². The fraction of sp³-hybridized carbons (Fsp3) is 0.900. The van der Waals surface area contributed by atoms with Crippen LogP contribution >= 0.6 is 0 Å².